The predicted molar refractivity (Wildman–Crippen MR) is 103 cm³/mol. The third kappa shape index (κ3) is 2.90. The van der Waals surface area contributed by atoms with Crippen LogP contribution in [-0.4, -0.2) is 11.7 Å². The zero-order chi connectivity index (χ0) is 19.8. The quantitative estimate of drug-likeness (QED) is 0.729. The van der Waals surface area contributed by atoms with Crippen molar-refractivity contribution in [2.45, 2.75) is 31.6 Å². The van der Waals surface area contributed by atoms with E-state index in [0.717, 1.165) is 0 Å². The first-order chi connectivity index (χ1) is 13.5. The number of para-hydroxylation sites is 1. The molecule has 0 saturated carbocycles. The van der Waals surface area contributed by atoms with Gasteiger partial charge in [-0.1, -0.05) is 29.8 Å². The average molecular weight is 395 g/mol. The molecular formula is C22H16ClFN2O2. The summed E-state index contributed by atoms with van der Waals surface area (Å²) in [5.41, 5.74) is 1.98. The second kappa shape index (κ2) is 7.21. The number of ketones is 1. The minimum absolute atomic E-state index is 0.0784. The van der Waals surface area contributed by atoms with E-state index in [4.69, 9.17) is 11.6 Å². The molecular weight excluding hydrogens is 379 g/mol. The molecule has 0 saturated heterocycles. The average Bonchev–Trinajstić information content (AvgIpc) is 2.68. The van der Waals surface area contributed by atoms with Crippen LogP contribution in [0, 0.1) is 17.1 Å². The number of Topliss-reactive ketones (excluding diaryl/α,β-unsaturated/α-hetero) is 1. The van der Waals surface area contributed by atoms with Gasteiger partial charge in [-0.25, -0.2) is 4.39 Å². The highest BCUT2D eigenvalue weighted by molar-refractivity contribution is 6.31. The number of benzene rings is 2. The minimum Gasteiger partial charge on any atom is -0.294 e. The summed E-state index contributed by atoms with van der Waals surface area (Å²) in [7, 11) is 0. The van der Waals surface area contributed by atoms with Crippen LogP contribution in [0.1, 0.15) is 42.7 Å². The minimum atomic E-state index is -0.713. The van der Waals surface area contributed by atoms with Gasteiger partial charge in [-0.3, -0.25) is 14.5 Å². The second-order valence-electron chi connectivity index (χ2n) is 6.89. The predicted octanol–water partition coefficient (Wildman–Crippen LogP) is 4.88. The van der Waals surface area contributed by atoms with Crippen molar-refractivity contribution in [3.8, 4) is 6.07 Å². The largest absolute Gasteiger partial charge is 0.294 e. The maximum Gasteiger partial charge on any atom is 0.232 e. The molecule has 140 valence electrons. The molecule has 1 amide bonds. The summed E-state index contributed by atoms with van der Waals surface area (Å²) in [5.74, 6) is -1.62. The summed E-state index contributed by atoms with van der Waals surface area (Å²) < 4.78 is 14.6. The van der Waals surface area contributed by atoms with Crippen molar-refractivity contribution in [1.82, 2.24) is 0 Å². The van der Waals surface area contributed by atoms with E-state index < -0.39 is 11.7 Å². The van der Waals surface area contributed by atoms with Gasteiger partial charge < -0.3 is 0 Å². The van der Waals surface area contributed by atoms with Gasteiger partial charge in [-0.15, -0.1) is 0 Å². The topological polar surface area (TPSA) is 61.2 Å². The molecule has 2 aromatic rings. The Morgan fingerprint density at radius 2 is 1.89 bits per heavy atom. The maximum absolute atomic E-state index is 14.6. The lowest BCUT2D eigenvalue weighted by atomic mass is 9.77. The summed E-state index contributed by atoms with van der Waals surface area (Å²) in [4.78, 5) is 27.5. The van der Waals surface area contributed by atoms with E-state index in [1.807, 2.05) is 0 Å². The van der Waals surface area contributed by atoms with Crippen LogP contribution in [0.2, 0.25) is 5.02 Å². The van der Waals surface area contributed by atoms with E-state index in [-0.39, 0.29) is 28.7 Å². The molecule has 1 aliphatic heterocycles. The molecule has 0 fully saturated rings. The number of rotatable bonds is 2. The number of carbonyl (C=O) groups is 2. The Hall–Kier alpha value is -2.97. The van der Waals surface area contributed by atoms with Crippen LogP contribution in [0.25, 0.3) is 0 Å². The smallest absolute Gasteiger partial charge is 0.232 e. The molecule has 1 aliphatic carbocycles. The molecule has 2 aliphatic rings. The number of hydrogen-bond donors (Lipinski definition) is 0. The highest BCUT2D eigenvalue weighted by Gasteiger charge is 2.41. The molecule has 6 heteroatoms. The fourth-order valence-corrected chi connectivity index (χ4v) is 4.42. The van der Waals surface area contributed by atoms with Gasteiger partial charge in [0.15, 0.2) is 5.78 Å². The van der Waals surface area contributed by atoms with Gasteiger partial charge in [0.05, 0.1) is 11.3 Å². The molecule has 1 heterocycles. The highest BCUT2D eigenvalue weighted by Crippen LogP contribution is 2.46. The summed E-state index contributed by atoms with van der Waals surface area (Å²) in [5, 5.41) is 9.65. The number of nitriles is 1. The van der Waals surface area contributed by atoms with Crippen LogP contribution in [0.5, 0.6) is 0 Å². The van der Waals surface area contributed by atoms with Crippen molar-refractivity contribution in [2.24, 2.45) is 0 Å². The Morgan fingerprint density at radius 1 is 1.11 bits per heavy atom. The summed E-state index contributed by atoms with van der Waals surface area (Å²) in [6.07, 6.45) is 1.39. The Bertz CT molecular complexity index is 1050. The number of carbonyl (C=O) groups excluding carboxylic acids is 2. The highest BCUT2D eigenvalue weighted by atomic mass is 35.5. The summed E-state index contributed by atoms with van der Waals surface area (Å²) >= 11 is 6.25. The van der Waals surface area contributed by atoms with E-state index in [1.54, 1.807) is 30.3 Å². The van der Waals surface area contributed by atoms with Gasteiger partial charge in [0, 0.05) is 40.6 Å². The van der Waals surface area contributed by atoms with Crippen molar-refractivity contribution in [2.75, 3.05) is 4.90 Å². The Kier molecular flexibility index (Phi) is 4.74. The third-order valence-corrected chi connectivity index (χ3v) is 5.62. The molecule has 4 nitrogen and oxygen atoms in total. The summed E-state index contributed by atoms with van der Waals surface area (Å²) in [6, 6.07) is 13.2. The molecule has 0 radical (unpaired) electrons. The van der Waals surface area contributed by atoms with Crippen LogP contribution in [0.3, 0.4) is 0 Å². The van der Waals surface area contributed by atoms with Gasteiger partial charge in [0.25, 0.3) is 0 Å². The molecule has 4 rings (SSSR count). The molecule has 0 spiro atoms. The number of nitrogens with zero attached hydrogens (tertiary/aromatic N) is 2. The first-order valence-electron chi connectivity index (χ1n) is 9.05. The zero-order valence-corrected chi connectivity index (χ0v) is 15.7. The lowest BCUT2D eigenvalue weighted by molar-refractivity contribution is -0.119. The Labute approximate surface area is 166 Å². The lowest BCUT2D eigenvalue weighted by Crippen LogP contribution is -2.41. The lowest BCUT2D eigenvalue weighted by Gasteiger charge is -2.38. The normalized spacial score (nSPS) is 19.5. The standard InChI is InChI=1S/C22H16ClFN2O2/c23-15-6-3-7-16(24)21(15)14-11-20(28)26(17-8-2-1-5-13(17)12-25)18-9-4-10-19(27)22(14)18/h1-3,5-8,14H,4,9-11H2. The van der Waals surface area contributed by atoms with Gasteiger partial charge >= 0.3 is 0 Å². The first kappa shape index (κ1) is 18.4. The van der Waals surface area contributed by atoms with E-state index >= 15 is 0 Å². The van der Waals surface area contributed by atoms with Gasteiger partial charge in [-0.05, 0) is 37.1 Å². The van der Waals surface area contributed by atoms with E-state index in [0.29, 0.717) is 41.8 Å². The number of amides is 1. The SMILES string of the molecule is N#Cc1ccccc1N1C(=O)CC(c2c(F)cccc2Cl)C2=C1CCCC2=O. The fourth-order valence-electron chi connectivity index (χ4n) is 4.13. The van der Waals surface area contributed by atoms with Crippen molar-refractivity contribution in [1.29, 1.82) is 5.26 Å². The van der Waals surface area contributed by atoms with Crippen LogP contribution >= 0.6 is 11.6 Å². The van der Waals surface area contributed by atoms with E-state index in [9.17, 15) is 19.2 Å². The molecule has 28 heavy (non-hydrogen) atoms. The molecule has 0 aromatic heterocycles. The van der Waals surface area contributed by atoms with Crippen molar-refractivity contribution >= 4 is 29.0 Å². The Morgan fingerprint density at radius 3 is 2.64 bits per heavy atom. The van der Waals surface area contributed by atoms with E-state index in [1.165, 1.54) is 17.0 Å². The molecule has 1 atom stereocenters. The molecule has 0 N–H and O–H groups in total. The van der Waals surface area contributed by atoms with Gasteiger partial charge in [-0.2, -0.15) is 5.26 Å². The molecule has 2 aromatic carbocycles. The van der Waals surface area contributed by atoms with E-state index in [2.05, 4.69) is 6.07 Å². The molecule has 0 bridgehead atoms. The number of anilines is 1. The first-order valence-corrected chi connectivity index (χ1v) is 9.43. The number of hydrogen-bond acceptors (Lipinski definition) is 3. The maximum atomic E-state index is 14.6. The number of allylic oxidation sites excluding steroid dienone is 2. The Balaban J connectivity index is 1.94. The summed E-state index contributed by atoms with van der Waals surface area (Å²) in [6.45, 7) is 0. The van der Waals surface area contributed by atoms with Gasteiger partial charge in [0.2, 0.25) is 5.91 Å². The zero-order valence-electron chi connectivity index (χ0n) is 14.9. The van der Waals surface area contributed by atoms with Crippen molar-refractivity contribution < 1.29 is 14.0 Å². The monoisotopic (exact) mass is 394 g/mol. The van der Waals surface area contributed by atoms with Crippen LogP contribution in [0.4, 0.5) is 10.1 Å². The molecule has 1 unspecified atom stereocenters. The third-order valence-electron chi connectivity index (χ3n) is 5.29. The van der Waals surface area contributed by atoms with Crippen LogP contribution < -0.4 is 4.90 Å². The van der Waals surface area contributed by atoms with Crippen LogP contribution in [0.15, 0.2) is 53.7 Å². The van der Waals surface area contributed by atoms with Crippen molar-refractivity contribution in [3.05, 3.63) is 75.7 Å². The number of halogens is 2. The van der Waals surface area contributed by atoms with Gasteiger partial charge in [0.1, 0.15) is 11.9 Å². The van der Waals surface area contributed by atoms with Crippen molar-refractivity contribution in [3.63, 3.8) is 0 Å². The fraction of sp³-hybridized carbons (Fsp3) is 0.227. The van der Waals surface area contributed by atoms with Crippen LogP contribution in [-0.2, 0) is 9.59 Å². The second-order valence-corrected chi connectivity index (χ2v) is 7.29.